The fourth-order valence-electron chi connectivity index (χ4n) is 1.74. The second-order valence-electron chi connectivity index (χ2n) is 3.75. The Hall–Kier alpha value is -1.73. The number of aliphatic hydroxyl groups excluding tert-OH is 1. The summed E-state index contributed by atoms with van der Waals surface area (Å²) in [5.41, 5.74) is 0.803. The number of pyridine rings is 1. The summed E-state index contributed by atoms with van der Waals surface area (Å²) >= 11 is 0. The number of aliphatic hydroxyl groups is 1. The first kappa shape index (κ1) is 11.7. The monoisotopic (exact) mass is 239 g/mol. The first-order valence-electron chi connectivity index (χ1n) is 5.28. The van der Waals surface area contributed by atoms with Crippen molar-refractivity contribution in [3.63, 3.8) is 0 Å². The van der Waals surface area contributed by atoms with Crippen LogP contribution in [0, 0.1) is 10.1 Å². The average molecular weight is 239 g/mol. The number of morpholine rings is 1. The first-order chi connectivity index (χ1) is 8.20. The second-order valence-corrected chi connectivity index (χ2v) is 3.75. The number of hydrogen-bond acceptors (Lipinski definition) is 6. The van der Waals surface area contributed by atoms with Gasteiger partial charge in [-0.1, -0.05) is 0 Å². The number of rotatable bonds is 3. The molecule has 2 rings (SSSR count). The van der Waals surface area contributed by atoms with Crippen molar-refractivity contribution in [2.45, 2.75) is 6.10 Å². The summed E-state index contributed by atoms with van der Waals surface area (Å²) in [6, 6.07) is 3.03. The lowest BCUT2D eigenvalue weighted by Crippen LogP contribution is -2.44. The molecule has 0 aliphatic carbocycles. The zero-order valence-electron chi connectivity index (χ0n) is 9.15. The van der Waals surface area contributed by atoms with Gasteiger partial charge in [0.1, 0.15) is 0 Å². The average Bonchev–Trinajstić information content (AvgIpc) is 2.39. The fraction of sp³-hybridized carbons (Fsp3) is 0.500. The van der Waals surface area contributed by atoms with Crippen molar-refractivity contribution in [2.75, 3.05) is 31.2 Å². The molecule has 1 aromatic rings. The van der Waals surface area contributed by atoms with E-state index in [0.29, 0.717) is 19.7 Å². The molecule has 1 aromatic heterocycles. The molecule has 0 radical (unpaired) electrons. The van der Waals surface area contributed by atoms with E-state index >= 15 is 0 Å². The van der Waals surface area contributed by atoms with Gasteiger partial charge in [0.15, 0.2) is 6.20 Å². The Kier molecular flexibility index (Phi) is 3.50. The van der Waals surface area contributed by atoms with Crippen molar-refractivity contribution < 1.29 is 14.8 Å². The Morgan fingerprint density at radius 2 is 2.47 bits per heavy atom. The standard InChI is InChI=1S/C10H13N3O4/c14-7-9-6-12(3-4-17-9)8-1-2-10(11-5-8)13(15)16/h1-2,5,9,14H,3-4,6-7H2. The minimum absolute atomic E-state index is 0.0308. The number of nitro groups is 1. The third-order valence-corrected chi connectivity index (χ3v) is 2.63. The molecule has 0 saturated carbocycles. The molecule has 0 amide bonds. The molecule has 2 heterocycles. The molecule has 1 saturated heterocycles. The normalized spacial score (nSPS) is 20.3. The highest BCUT2D eigenvalue weighted by molar-refractivity contribution is 5.46. The third-order valence-electron chi connectivity index (χ3n) is 2.63. The molecule has 7 nitrogen and oxygen atoms in total. The lowest BCUT2D eigenvalue weighted by molar-refractivity contribution is -0.389. The van der Waals surface area contributed by atoms with Crippen LogP contribution in [0.4, 0.5) is 11.5 Å². The van der Waals surface area contributed by atoms with E-state index in [2.05, 4.69) is 4.98 Å². The van der Waals surface area contributed by atoms with Gasteiger partial charge in [-0.2, -0.15) is 0 Å². The highest BCUT2D eigenvalue weighted by Crippen LogP contribution is 2.18. The molecule has 92 valence electrons. The summed E-state index contributed by atoms with van der Waals surface area (Å²) in [7, 11) is 0. The van der Waals surface area contributed by atoms with Crippen LogP contribution in [-0.4, -0.2) is 47.4 Å². The van der Waals surface area contributed by atoms with Gasteiger partial charge in [0.25, 0.3) is 0 Å². The third kappa shape index (κ3) is 2.69. The lowest BCUT2D eigenvalue weighted by atomic mass is 10.2. The van der Waals surface area contributed by atoms with Crippen LogP contribution >= 0.6 is 0 Å². The highest BCUT2D eigenvalue weighted by atomic mass is 16.6. The number of ether oxygens (including phenoxy) is 1. The zero-order chi connectivity index (χ0) is 12.3. The van der Waals surface area contributed by atoms with Crippen molar-refractivity contribution in [1.82, 2.24) is 4.98 Å². The van der Waals surface area contributed by atoms with Crippen LogP contribution in [0.2, 0.25) is 0 Å². The smallest absolute Gasteiger partial charge is 0.363 e. The molecule has 1 aliphatic heterocycles. The molecule has 7 heteroatoms. The van der Waals surface area contributed by atoms with E-state index in [0.717, 1.165) is 5.69 Å². The molecule has 1 fully saturated rings. The number of nitrogens with zero attached hydrogens (tertiary/aromatic N) is 3. The van der Waals surface area contributed by atoms with Gasteiger partial charge in [0.05, 0.1) is 25.0 Å². The van der Waals surface area contributed by atoms with Crippen LogP contribution in [-0.2, 0) is 4.74 Å². The molecule has 17 heavy (non-hydrogen) atoms. The van der Waals surface area contributed by atoms with Gasteiger partial charge in [0, 0.05) is 19.2 Å². The Morgan fingerprint density at radius 3 is 3.06 bits per heavy atom. The van der Waals surface area contributed by atoms with Gasteiger partial charge < -0.3 is 24.9 Å². The van der Waals surface area contributed by atoms with Crippen molar-refractivity contribution in [1.29, 1.82) is 0 Å². The predicted molar refractivity (Wildman–Crippen MR) is 59.9 cm³/mol. The number of anilines is 1. The van der Waals surface area contributed by atoms with Crippen molar-refractivity contribution in [3.05, 3.63) is 28.4 Å². The van der Waals surface area contributed by atoms with Gasteiger partial charge in [-0.15, -0.1) is 0 Å². The maximum atomic E-state index is 10.5. The molecule has 0 spiro atoms. The molecule has 1 unspecified atom stereocenters. The molecule has 0 bridgehead atoms. The lowest BCUT2D eigenvalue weighted by Gasteiger charge is -2.32. The summed E-state index contributed by atoms with van der Waals surface area (Å²) in [6.07, 6.45) is 1.26. The Bertz CT molecular complexity index is 395. The Balaban J connectivity index is 2.08. The van der Waals surface area contributed by atoms with Gasteiger partial charge in [0.2, 0.25) is 0 Å². The summed E-state index contributed by atoms with van der Waals surface area (Å²) in [5.74, 6) is -0.166. The maximum absolute atomic E-state index is 10.5. The fourth-order valence-corrected chi connectivity index (χ4v) is 1.74. The first-order valence-corrected chi connectivity index (χ1v) is 5.28. The Morgan fingerprint density at radius 1 is 1.65 bits per heavy atom. The SMILES string of the molecule is O=[N+]([O-])c1ccc(N2CCOC(CO)C2)cn1. The molecule has 0 aromatic carbocycles. The van der Waals surface area contributed by atoms with Crippen molar-refractivity contribution in [3.8, 4) is 0 Å². The van der Waals surface area contributed by atoms with E-state index in [4.69, 9.17) is 9.84 Å². The number of hydrogen-bond donors (Lipinski definition) is 1. The molecule has 1 N–H and O–H groups in total. The van der Waals surface area contributed by atoms with E-state index < -0.39 is 4.92 Å². The minimum atomic E-state index is -0.528. The highest BCUT2D eigenvalue weighted by Gasteiger charge is 2.21. The molecular formula is C10H13N3O4. The Labute approximate surface area is 97.8 Å². The van der Waals surface area contributed by atoms with Crippen LogP contribution in [0.25, 0.3) is 0 Å². The summed E-state index contributed by atoms with van der Waals surface area (Å²) < 4.78 is 5.32. The second kappa shape index (κ2) is 5.07. The predicted octanol–water partition coefficient (Wildman–Crippen LogP) is 0.187. The topological polar surface area (TPSA) is 88.7 Å². The van der Waals surface area contributed by atoms with Crippen molar-refractivity contribution in [2.24, 2.45) is 0 Å². The summed E-state index contributed by atoms with van der Waals surface area (Å²) in [6.45, 7) is 1.76. The van der Waals surface area contributed by atoms with Crippen LogP contribution in [0.15, 0.2) is 18.3 Å². The van der Waals surface area contributed by atoms with Gasteiger partial charge >= 0.3 is 5.82 Å². The van der Waals surface area contributed by atoms with Crippen molar-refractivity contribution >= 4 is 11.5 Å². The molecule has 1 atom stereocenters. The molecule has 1 aliphatic rings. The van der Waals surface area contributed by atoms with E-state index in [-0.39, 0.29) is 18.5 Å². The van der Waals surface area contributed by atoms with Crippen LogP contribution in [0.5, 0.6) is 0 Å². The van der Waals surface area contributed by atoms with Crippen LogP contribution < -0.4 is 4.90 Å². The quantitative estimate of drug-likeness (QED) is 0.598. The zero-order valence-corrected chi connectivity index (χ0v) is 9.15. The summed E-state index contributed by atoms with van der Waals surface area (Å²) in [4.78, 5) is 15.7. The van der Waals surface area contributed by atoms with E-state index in [1.807, 2.05) is 4.90 Å². The number of aromatic nitrogens is 1. The van der Waals surface area contributed by atoms with Gasteiger partial charge in [-0.05, 0) is 16.0 Å². The summed E-state index contributed by atoms with van der Waals surface area (Å²) in [5, 5.41) is 19.5. The minimum Gasteiger partial charge on any atom is -0.394 e. The van der Waals surface area contributed by atoms with Gasteiger partial charge in [-0.25, -0.2) is 0 Å². The van der Waals surface area contributed by atoms with Gasteiger partial charge in [-0.3, -0.25) is 0 Å². The molecular weight excluding hydrogens is 226 g/mol. The van der Waals surface area contributed by atoms with E-state index in [9.17, 15) is 10.1 Å². The van der Waals surface area contributed by atoms with Crippen LogP contribution in [0.1, 0.15) is 0 Å². The van der Waals surface area contributed by atoms with E-state index in [1.165, 1.54) is 12.3 Å². The maximum Gasteiger partial charge on any atom is 0.363 e. The van der Waals surface area contributed by atoms with E-state index in [1.54, 1.807) is 6.07 Å². The largest absolute Gasteiger partial charge is 0.394 e. The van der Waals surface area contributed by atoms with Crippen LogP contribution in [0.3, 0.4) is 0 Å².